The summed E-state index contributed by atoms with van der Waals surface area (Å²) in [6.07, 6.45) is 6.52. The average Bonchev–Trinajstić information content (AvgIpc) is 3.08. The van der Waals surface area contributed by atoms with Gasteiger partial charge in [-0.3, -0.25) is 14.8 Å². The Morgan fingerprint density at radius 2 is 2.10 bits per heavy atom. The number of anilines is 1. The Hall–Kier alpha value is -2.37. The van der Waals surface area contributed by atoms with Crippen LogP contribution >= 0.6 is 0 Å². The summed E-state index contributed by atoms with van der Waals surface area (Å²) in [7, 11) is 0. The molecule has 0 spiro atoms. The summed E-state index contributed by atoms with van der Waals surface area (Å²) in [5.41, 5.74) is 8.68. The number of nitro groups is 1. The van der Waals surface area contributed by atoms with Gasteiger partial charge in [-0.05, 0) is 19.8 Å². The highest BCUT2D eigenvalue weighted by Crippen LogP contribution is 2.33. The molecule has 6 nitrogen and oxygen atoms in total. The van der Waals surface area contributed by atoms with Gasteiger partial charge in [-0.15, -0.1) is 0 Å². The Morgan fingerprint density at radius 1 is 1.38 bits per heavy atom. The molecule has 1 fully saturated rings. The van der Waals surface area contributed by atoms with E-state index in [1.165, 1.54) is 12.8 Å². The number of nitrogen functional groups attached to an aromatic ring is 1. The number of nitro benzene ring substituents is 1. The number of nitrogens with two attached hydrogens (primary N) is 1. The fourth-order valence-electron chi connectivity index (χ4n) is 2.94. The van der Waals surface area contributed by atoms with Gasteiger partial charge in [-0.1, -0.05) is 25.0 Å². The van der Waals surface area contributed by atoms with Crippen molar-refractivity contribution < 1.29 is 4.92 Å². The lowest BCUT2D eigenvalue weighted by Gasteiger charge is -2.08. The second-order valence-electron chi connectivity index (χ2n) is 5.61. The van der Waals surface area contributed by atoms with Crippen LogP contribution < -0.4 is 5.73 Å². The van der Waals surface area contributed by atoms with E-state index < -0.39 is 0 Å². The molecule has 0 atom stereocenters. The summed E-state index contributed by atoms with van der Waals surface area (Å²) in [6, 6.07) is 5.52. The van der Waals surface area contributed by atoms with Crippen molar-refractivity contribution in [3.63, 3.8) is 0 Å². The fraction of sp³-hybridized carbons (Fsp3) is 0.400. The van der Waals surface area contributed by atoms with Crippen LogP contribution in [0.15, 0.2) is 24.4 Å². The highest BCUT2D eigenvalue weighted by molar-refractivity contribution is 5.74. The predicted octanol–water partition coefficient (Wildman–Crippen LogP) is 3.46. The highest BCUT2D eigenvalue weighted by Gasteiger charge is 2.21. The lowest BCUT2D eigenvalue weighted by molar-refractivity contribution is -0.385. The second kappa shape index (κ2) is 5.20. The lowest BCUT2D eigenvalue weighted by Crippen LogP contribution is -2.05. The third-order valence-corrected chi connectivity index (χ3v) is 4.14. The Morgan fingerprint density at radius 3 is 2.76 bits per heavy atom. The molecule has 0 aliphatic heterocycles. The summed E-state index contributed by atoms with van der Waals surface area (Å²) in [4.78, 5) is 10.7. The van der Waals surface area contributed by atoms with Gasteiger partial charge in [-0.2, -0.15) is 5.10 Å². The van der Waals surface area contributed by atoms with Crippen LogP contribution in [0.2, 0.25) is 0 Å². The van der Waals surface area contributed by atoms with Crippen LogP contribution in [-0.2, 0) is 0 Å². The molecule has 1 aromatic heterocycles. The van der Waals surface area contributed by atoms with E-state index in [-0.39, 0.29) is 10.6 Å². The molecule has 0 bridgehead atoms. The number of benzene rings is 1. The van der Waals surface area contributed by atoms with Crippen molar-refractivity contribution in [1.29, 1.82) is 0 Å². The monoisotopic (exact) mass is 286 g/mol. The van der Waals surface area contributed by atoms with Crippen molar-refractivity contribution in [2.24, 2.45) is 0 Å². The second-order valence-corrected chi connectivity index (χ2v) is 5.61. The molecule has 1 aromatic carbocycles. The van der Waals surface area contributed by atoms with Gasteiger partial charge in [-0.25, -0.2) is 0 Å². The van der Waals surface area contributed by atoms with Crippen LogP contribution in [0.1, 0.15) is 37.3 Å². The molecule has 3 rings (SSSR count). The Labute approximate surface area is 122 Å². The van der Waals surface area contributed by atoms with Crippen molar-refractivity contribution in [3.05, 3.63) is 40.1 Å². The number of nitrogens with zero attached hydrogens (tertiary/aromatic N) is 3. The van der Waals surface area contributed by atoms with Crippen molar-refractivity contribution in [2.75, 3.05) is 5.73 Å². The van der Waals surface area contributed by atoms with Gasteiger partial charge >= 0.3 is 0 Å². The molecule has 0 radical (unpaired) electrons. The highest BCUT2D eigenvalue weighted by atomic mass is 16.6. The molecular formula is C15H18N4O2. The molecule has 1 saturated carbocycles. The molecule has 21 heavy (non-hydrogen) atoms. The smallest absolute Gasteiger partial charge is 0.272 e. The normalized spacial score (nSPS) is 15.5. The van der Waals surface area contributed by atoms with Gasteiger partial charge in [0.15, 0.2) is 0 Å². The Kier molecular flexibility index (Phi) is 3.37. The summed E-state index contributed by atoms with van der Waals surface area (Å²) < 4.78 is 1.92. The maximum atomic E-state index is 11.1. The van der Waals surface area contributed by atoms with Gasteiger partial charge in [0.2, 0.25) is 0 Å². The van der Waals surface area contributed by atoms with Crippen molar-refractivity contribution >= 4 is 11.4 Å². The Bertz CT molecular complexity index is 687. The maximum absolute atomic E-state index is 11.1. The van der Waals surface area contributed by atoms with Crippen molar-refractivity contribution in [3.8, 4) is 11.3 Å². The van der Waals surface area contributed by atoms with E-state index in [1.807, 2.05) is 16.9 Å². The molecule has 0 unspecified atom stereocenters. The predicted molar refractivity (Wildman–Crippen MR) is 81.0 cm³/mol. The SMILES string of the molecule is Cc1ccc(-c2nn(C3CCCC3)cc2N)cc1[N+](=O)[O-]. The molecule has 110 valence electrons. The minimum Gasteiger partial charge on any atom is -0.396 e. The molecule has 1 aliphatic rings. The third-order valence-electron chi connectivity index (χ3n) is 4.14. The first-order valence-corrected chi connectivity index (χ1v) is 7.16. The molecule has 2 aromatic rings. The zero-order chi connectivity index (χ0) is 15.0. The summed E-state index contributed by atoms with van der Waals surface area (Å²) >= 11 is 0. The van der Waals surface area contributed by atoms with Gasteiger partial charge in [0.25, 0.3) is 5.69 Å². The van der Waals surface area contributed by atoms with E-state index >= 15 is 0 Å². The van der Waals surface area contributed by atoms with Crippen LogP contribution in [0.3, 0.4) is 0 Å². The molecule has 0 saturated heterocycles. The van der Waals surface area contributed by atoms with Crippen LogP contribution in [-0.4, -0.2) is 14.7 Å². The van der Waals surface area contributed by atoms with E-state index in [0.29, 0.717) is 28.6 Å². The van der Waals surface area contributed by atoms with E-state index in [9.17, 15) is 10.1 Å². The first-order chi connectivity index (χ1) is 10.1. The van der Waals surface area contributed by atoms with Crippen LogP contribution in [0, 0.1) is 17.0 Å². The van der Waals surface area contributed by atoms with Crippen LogP contribution in [0.5, 0.6) is 0 Å². The molecule has 0 amide bonds. The molecule has 1 aliphatic carbocycles. The summed E-state index contributed by atoms with van der Waals surface area (Å²) in [6.45, 7) is 1.72. The molecule has 2 N–H and O–H groups in total. The first-order valence-electron chi connectivity index (χ1n) is 7.16. The third kappa shape index (κ3) is 2.49. The standard InChI is InChI=1S/C15H18N4O2/c1-10-6-7-11(8-14(10)19(20)21)15-13(16)9-18(17-15)12-4-2-3-5-12/h6-9,12H,2-5,16H2,1H3. The molecule has 6 heteroatoms. The number of aryl methyl sites for hydroxylation is 1. The zero-order valence-corrected chi connectivity index (χ0v) is 12.0. The number of hydrogen-bond donors (Lipinski definition) is 1. The average molecular weight is 286 g/mol. The molecule has 1 heterocycles. The number of hydrogen-bond acceptors (Lipinski definition) is 4. The topological polar surface area (TPSA) is 87.0 Å². The Balaban J connectivity index is 2.00. The lowest BCUT2D eigenvalue weighted by atomic mass is 10.1. The first kappa shape index (κ1) is 13.6. The van der Waals surface area contributed by atoms with Gasteiger partial charge < -0.3 is 5.73 Å². The van der Waals surface area contributed by atoms with Gasteiger partial charge in [0.1, 0.15) is 5.69 Å². The van der Waals surface area contributed by atoms with E-state index in [1.54, 1.807) is 19.1 Å². The number of rotatable bonds is 3. The number of aromatic nitrogens is 2. The van der Waals surface area contributed by atoms with Gasteiger partial charge in [0.05, 0.1) is 16.7 Å². The summed E-state index contributed by atoms with van der Waals surface area (Å²) in [5.74, 6) is 0. The van der Waals surface area contributed by atoms with Crippen molar-refractivity contribution in [2.45, 2.75) is 38.6 Å². The largest absolute Gasteiger partial charge is 0.396 e. The fourth-order valence-corrected chi connectivity index (χ4v) is 2.94. The minimum atomic E-state index is -0.372. The summed E-state index contributed by atoms with van der Waals surface area (Å²) in [5, 5.41) is 15.6. The molecular weight excluding hydrogens is 268 g/mol. The van der Waals surface area contributed by atoms with E-state index in [2.05, 4.69) is 5.10 Å². The van der Waals surface area contributed by atoms with E-state index in [4.69, 9.17) is 5.73 Å². The quantitative estimate of drug-likeness (QED) is 0.691. The van der Waals surface area contributed by atoms with Crippen LogP contribution in [0.4, 0.5) is 11.4 Å². The zero-order valence-electron chi connectivity index (χ0n) is 12.0. The van der Waals surface area contributed by atoms with Crippen LogP contribution in [0.25, 0.3) is 11.3 Å². The minimum absolute atomic E-state index is 0.0994. The van der Waals surface area contributed by atoms with Gasteiger partial charge in [0, 0.05) is 23.4 Å². The van der Waals surface area contributed by atoms with Crippen molar-refractivity contribution in [1.82, 2.24) is 9.78 Å². The maximum Gasteiger partial charge on any atom is 0.272 e. The van der Waals surface area contributed by atoms with E-state index in [0.717, 1.165) is 12.8 Å².